The Morgan fingerprint density at radius 1 is 1.12 bits per heavy atom. The van der Waals surface area contributed by atoms with Gasteiger partial charge >= 0.3 is 5.69 Å². The number of anilines is 2. The summed E-state index contributed by atoms with van der Waals surface area (Å²) >= 11 is 5.17. The predicted molar refractivity (Wildman–Crippen MR) is 124 cm³/mol. The largest absolute Gasteiger partial charge is 0.494 e. The van der Waals surface area contributed by atoms with E-state index in [9.17, 15) is 19.7 Å². The fraction of sp³-hybridized carbons (Fsp3) is 0.286. The number of carbonyl (C=O) groups excluding carboxylic acids is 2. The van der Waals surface area contributed by atoms with Crippen molar-refractivity contribution in [3.63, 3.8) is 0 Å². The van der Waals surface area contributed by atoms with Crippen molar-refractivity contribution in [2.24, 2.45) is 5.92 Å². The molecule has 0 spiro atoms. The Morgan fingerprint density at radius 2 is 1.84 bits per heavy atom. The van der Waals surface area contributed by atoms with E-state index in [1.807, 2.05) is 0 Å². The molecule has 0 atom stereocenters. The molecule has 0 aliphatic rings. The summed E-state index contributed by atoms with van der Waals surface area (Å²) in [4.78, 5) is 35.0. The normalized spacial score (nSPS) is 10.3. The van der Waals surface area contributed by atoms with Crippen LogP contribution in [0, 0.1) is 16.0 Å². The van der Waals surface area contributed by atoms with Crippen LogP contribution in [0.25, 0.3) is 0 Å². The Kier molecular flexibility index (Phi) is 8.47. The van der Waals surface area contributed by atoms with Gasteiger partial charge in [0, 0.05) is 29.3 Å². The summed E-state index contributed by atoms with van der Waals surface area (Å²) in [5, 5.41) is 19.3. The molecular formula is C21H24N4O6S. The highest BCUT2D eigenvalue weighted by Crippen LogP contribution is 2.29. The minimum atomic E-state index is -0.624. The maximum atomic E-state index is 12.5. The Morgan fingerprint density at radius 3 is 2.44 bits per heavy atom. The van der Waals surface area contributed by atoms with Crippen molar-refractivity contribution in [2.75, 3.05) is 24.4 Å². The summed E-state index contributed by atoms with van der Waals surface area (Å²) in [6.07, 6.45) is 0. The van der Waals surface area contributed by atoms with Crippen molar-refractivity contribution in [2.45, 2.75) is 20.8 Å². The first-order valence-corrected chi connectivity index (χ1v) is 10.1. The molecule has 2 aromatic rings. The van der Waals surface area contributed by atoms with E-state index in [1.54, 1.807) is 39.0 Å². The van der Waals surface area contributed by atoms with E-state index in [0.717, 1.165) is 6.07 Å². The molecule has 0 radical (unpaired) electrons. The van der Waals surface area contributed by atoms with Crippen LogP contribution in [0.3, 0.4) is 0 Å². The van der Waals surface area contributed by atoms with Crippen molar-refractivity contribution in [1.82, 2.24) is 5.32 Å². The number of amides is 2. The fourth-order valence-corrected chi connectivity index (χ4v) is 2.78. The van der Waals surface area contributed by atoms with Crippen molar-refractivity contribution < 1.29 is 24.0 Å². The van der Waals surface area contributed by atoms with Crippen LogP contribution in [0.1, 0.15) is 31.1 Å². The van der Waals surface area contributed by atoms with Gasteiger partial charge < -0.3 is 20.1 Å². The molecule has 10 nitrogen and oxygen atoms in total. The fourth-order valence-electron chi connectivity index (χ4n) is 2.57. The number of benzene rings is 2. The number of nitrogens with one attached hydrogen (secondary N) is 3. The molecule has 0 heterocycles. The number of nitro groups is 1. The molecule has 0 saturated heterocycles. The van der Waals surface area contributed by atoms with E-state index < -0.39 is 10.8 Å². The molecule has 0 saturated carbocycles. The minimum absolute atomic E-state index is 0.0208. The zero-order valence-corrected chi connectivity index (χ0v) is 18.9. The molecule has 0 bridgehead atoms. The second kappa shape index (κ2) is 11.0. The first-order chi connectivity index (χ1) is 15.2. The average molecular weight is 461 g/mol. The van der Waals surface area contributed by atoms with Gasteiger partial charge in [-0.1, -0.05) is 13.8 Å². The number of hydrogen-bond donors (Lipinski definition) is 3. The van der Waals surface area contributed by atoms with Crippen LogP contribution < -0.4 is 25.4 Å². The zero-order valence-electron chi connectivity index (χ0n) is 18.1. The molecule has 0 aliphatic carbocycles. The molecule has 0 fully saturated rings. The number of nitrogens with zero attached hydrogens (tertiary/aromatic N) is 1. The van der Waals surface area contributed by atoms with Crippen molar-refractivity contribution in [3.05, 3.63) is 52.1 Å². The van der Waals surface area contributed by atoms with Gasteiger partial charge in [0.25, 0.3) is 5.91 Å². The summed E-state index contributed by atoms with van der Waals surface area (Å²) < 4.78 is 10.5. The van der Waals surface area contributed by atoms with Gasteiger partial charge in [0.1, 0.15) is 5.75 Å². The molecule has 2 aromatic carbocycles. The summed E-state index contributed by atoms with van der Waals surface area (Å²) in [5.74, 6) is -0.497. The zero-order chi connectivity index (χ0) is 23.8. The molecular weight excluding hydrogens is 436 g/mol. The van der Waals surface area contributed by atoms with Crippen LogP contribution in [-0.4, -0.2) is 35.6 Å². The maximum Gasteiger partial charge on any atom is 0.311 e. The van der Waals surface area contributed by atoms with E-state index in [-0.39, 0.29) is 40.5 Å². The van der Waals surface area contributed by atoms with E-state index in [0.29, 0.717) is 17.1 Å². The Labute approximate surface area is 190 Å². The number of methoxy groups -OCH3 is 1. The second-order valence-corrected chi connectivity index (χ2v) is 7.25. The Balaban J connectivity index is 2.10. The SMILES string of the molecule is CCOc1ccc(C(=O)NC(=S)Nc2ccc(NC(=O)C(C)C)c(OC)c2)cc1[N+](=O)[O-]. The molecule has 2 amide bonds. The summed E-state index contributed by atoms with van der Waals surface area (Å²) in [6.45, 7) is 5.51. The van der Waals surface area contributed by atoms with Crippen LogP contribution in [-0.2, 0) is 4.79 Å². The number of carbonyl (C=O) groups is 2. The average Bonchev–Trinajstić information content (AvgIpc) is 2.74. The highest BCUT2D eigenvalue weighted by Gasteiger charge is 2.19. The van der Waals surface area contributed by atoms with Gasteiger partial charge in [0.15, 0.2) is 10.9 Å². The predicted octanol–water partition coefficient (Wildman–Crippen LogP) is 3.72. The smallest absolute Gasteiger partial charge is 0.311 e. The monoisotopic (exact) mass is 460 g/mol. The van der Waals surface area contributed by atoms with Crippen molar-refractivity contribution >= 4 is 46.2 Å². The lowest BCUT2D eigenvalue weighted by Gasteiger charge is -2.15. The number of rotatable bonds is 8. The molecule has 0 aliphatic heterocycles. The van der Waals surface area contributed by atoms with Gasteiger partial charge in [-0.15, -0.1) is 0 Å². The second-order valence-electron chi connectivity index (χ2n) is 6.84. The first-order valence-electron chi connectivity index (χ1n) is 9.68. The summed E-state index contributed by atoms with van der Waals surface area (Å²) in [5.41, 5.74) is 0.733. The van der Waals surface area contributed by atoms with Crippen molar-refractivity contribution in [1.29, 1.82) is 0 Å². The van der Waals surface area contributed by atoms with Gasteiger partial charge in [-0.05, 0) is 43.4 Å². The third kappa shape index (κ3) is 6.38. The van der Waals surface area contributed by atoms with Crippen molar-refractivity contribution in [3.8, 4) is 11.5 Å². The van der Waals surface area contributed by atoms with Gasteiger partial charge in [-0.2, -0.15) is 0 Å². The van der Waals surface area contributed by atoms with Crippen LogP contribution in [0.5, 0.6) is 11.5 Å². The molecule has 170 valence electrons. The van der Waals surface area contributed by atoms with E-state index in [4.69, 9.17) is 21.7 Å². The number of ether oxygens (including phenoxy) is 2. The highest BCUT2D eigenvalue weighted by atomic mass is 32.1. The number of thiocarbonyl (C=S) groups is 1. The molecule has 3 N–H and O–H groups in total. The van der Waals surface area contributed by atoms with Crippen LogP contribution in [0.15, 0.2) is 36.4 Å². The molecule has 32 heavy (non-hydrogen) atoms. The standard InChI is InChI=1S/C21H24N4O6S/c1-5-31-17-9-6-13(10-16(17)25(28)29)20(27)24-21(32)22-14-7-8-15(18(11-14)30-4)23-19(26)12(2)3/h6-12H,5H2,1-4H3,(H,23,26)(H2,22,24,27,32). The molecule has 2 rings (SSSR count). The highest BCUT2D eigenvalue weighted by molar-refractivity contribution is 7.80. The lowest BCUT2D eigenvalue weighted by molar-refractivity contribution is -0.385. The van der Waals surface area contributed by atoms with Gasteiger partial charge in [0.2, 0.25) is 5.91 Å². The topological polar surface area (TPSA) is 132 Å². The Hall–Kier alpha value is -3.73. The molecule has 0 unspecified atom stereocenters. The van der Waals surface area contributed by atoms with Gasteiger partial charge in [-0.3, -0.25) is 25.0 Å². The van der Waals surface area contributed by atoms with E-state index >= 15 is 0 Å². The third-order valence-corrected chi connectivity index (χ3v) is 4.39. The lowest BCUT2D eigenvalue weighted by atomic mass is 10.1. The first kappa shape index (κ1) is 24.5. The Bertz CT molecular complexity index is 1040. The molecule has 11 heteroatoms. The van der Waals surface area contributed by atoms with E-state index in [2.05, 4.69) is 16.0 Å². The maximum absolute atomic E-state index is 12.5. The number of nitro benzene ring substituents is 1. The summed E-state index contributed by atoms with van der Waals surface area (Å²) in [7, 11) is 1.46. The van der Waals surface area contributed by atoms with Crippen LogP contribution >= 0.6 is 12.2 Å². The summed E-state index contributed by atoms with van der Waals surface area (Å²) in [6, 6.07) is 8.79. The van der Waals surface area contributed by atoms with Gasteiger partial charge in [0.05, 0.1) is 24.3 Å². The molecule has 0 aromatic heterocycles. The van der Waals surface area contributed by atoms with Crippen LogP contribution in [0.4, 0.5) is 17.1 Å². The minimum Gasteiger partial charge on any atom is -0.494 e. The third-order valence-electron chi connectivity index (χ3n) is 4.19. The van der Waals surface area contributed by atoms with Crippen LogP contribution in [0.2, 0.25) is 0 Å². The van der Waals surface area contributed by atoms with Gasteiger partial charge in [-0.25, -0.2) is 0 Å². The van der Waals surface area contributed by atoms with E-state index in [1.165, 1.54) is 19.2 Å². The number of hydrogen-bond acceptors (Lipinski definition) is 7. The lowest BCUT2D eigenvalue weighted by Crippen LogP contribution is -2.34. The quantitative estimate of drug-likeness (QED) is 0.308.